The maximum absolute atomic E-state index is 12.2. The van der Waals surface area contributed by atoms with Crippen molar-refractivity contribution in [2.75, 3.05) is 10.7 Å². The fourth-order valence-electron chi connectivity index (χ4n) is 2.42. The van der Waals surface area contributed by atoms with Gasteiger partial charge in [-0.15, -0.1) is 0 Å². The molecule has 0 aliphatic heterocycles. The van der Waals surface area contributed by atoms with Gasteiger partial charge in [-0.05, 0) is 30.3 Å². The van der Waals surface area contributed by atoms with Gasteiger partial charge in [-0.3, -0.25) is 35.9 Å². The van der Waals surface area contributed by atoms with E-state index in [1.807, 2.05) is 0 Å². The maximum atomic E-state index is 12.2. The third-order valence-corrected chi connectivity index (χ3v) is 4.20. The number of carbonyl (C=O) groups is 1. The van der Waals surface area contributed by atoms with E-state index in [2.05, 4.69) is 26.1 Å². The van der Waals surface area contributed by atoms with Crippen molar-refractivity contribution in [3.63, 3.8) is 0 Å². The number of nitrogens with one attached hydrogen (secondary N) is 3. The number of hydrogen-bond donors (Lipinski definition) is 3. The van der Waals surface area contributed by atoms with Crippen LogP contribution in [-0.4, -0.2) is 25.7 Å². The molecule has 0 saturated carbocycles. The monoisotopic (exact) mass is 463 g/mol. The van der Waals surface area contributed by atoms with E-state index in [0.717, 1.165) is 18.5 Å². The van der Waals surface area contributed by atoms with Gasteiger partial charge in [0.15, 0.2) is 0 Å². The van der Waals surface area contributed by atoms with Gasteiger partial charge in [-0.1, -0.05) is 23.2 Å². The van der Waals surface area contributed by atoms with E-state index < -0.39 is 21.4 Å². The molecule has 3 aromatic rings. The molecule has 0 saturated heterocycles. The highest BCUT2D eigenvalue weighted by molar-refractivity contribution is 6.35. The van der Waals surface area contributed by atoms with E-state index in [9.17, 15) is 25.0 Å². The summed E-state index contributed by atoms with van der Waals surface area (Å²) >= 11 is 11.9. The molecule has 0 aliphatic rings. The molecule has 1 aromatic heterocycles. The predicted octanol–water partition coefficient (Wildman–Crippen LogP) is 4.10. The van der Waals surface area contributed by atoms with Crippen LogP contribution in [-0.2, 0) is 0 Å². The quantitative estimate of drug-likeness (QED) is 0.345. The minimum absolute atomic E-state index is 0.0849. The van der Waals surface area contributed by atoms with Crippen LogP contribution in [0.2, 0.25) is 10.0 Å². The number of hydrazine groups is 1. The van der Waals surface area contributed by atoms with Crippen molar-refractivity contribution in [1.29, 1.82) is 0 Å². The zero-order chi connectivity index (χ0) is 22.5. The molecule has 1 amide bonds. The van der Waals surface area contributed by atoms with Crippen LogP contribution in [0.1, 0.15) is 10.4 Å². The summed E-state index contributed by atoms with van der Waals surface area (Å²) in [6.45, 7) is 0. The number of non-ortho nitro benzene ring substituents is 1. The Morgan fingerprint density at radius 3 is 2.10 bits per heavy atom. The molecule has 31 heavy (non-hydrogen) atoms. The first kappa shape index (κ1) is 21.7. The first-order chi connectivity index (χ1) is 14.7. The number of hydrogen-bond acceptors (Lipinski definition) is 9. The number of nitro groups is 2. The molecule has 0 radical (unpaired) electrons. The Morgan fingerprint density at radius 1 is 0.903 bits per heavy atom. The van der Waals surface area contributed by atoms with E-state index >= 15 is 0 Å². The summed E-state index contributed by atoms with van der Waals surface area (Å²) in [6.07, 6.45) is 1.04. The number of nitro benzene ring substituents is 1. The van der Waals surface area contributed by atoms with Crippen LogP contribution >= 0.6 is 23.2 Å². The molecule has 0 bridgehead atoms. The summed E-state index contributed by atoms with van der Waals surface area (Å²) in [5, 5.41) is 25.6. The third-order valence-electron chi connectivity index (χ3n) is 3.76. The Morgan fingerprint density at radius 2 is 1.52 bits per heavy atom. The number of anilines is 3. The van der Waals surface area contributed by atoms with Crippen LogP contribution in [0, 0.1) is 20.2 Å². The van der Waals surface area contributed by atoms with Crippen LogP contribution in [0.3, 0.4) is 0 Å². The number of carbonyl (C=O) groups excluding carboxylic acids is 1. The molecule has 3 N–H and O–H groups in total. The highest BCUT2D eigenvalue weighted by Gasteiger charge is 2.24. The van der Waals surface area contributed by atoms with Crippen molar-refractivity contribution in [3.05, 3.63) is 84.6 Å². The Balaban J connectivity index is 1.81. The zero-order valence-corrected chi connectivity index (χ0v) is 16.7. The number of nitrogens with zero attached hydrogens (tertiary/aromatic N) is 4. The van der Waals surface area contributed by atoms with Gasteiger partial charge in [0.2, 0.25) is 11.6 Å². The highest BCUT2D eigenvalue weighted by Crippen LogP contribution is 2.32. The number of benzene rings is 2. The lowest BCUT2D eigenvalue weighted by Gasteiger charge is -2.11. The molecule has 0 fully saturated rings. The van der Waals surface area contributed by atoms with E-state index in [1.54, 1.807) is 0 Å². The Labute approximate surface area is 183 Å². The van der Waals surface area contributed by atoms with Gasteiger partial charge in [-0.2, -0.15) is 0 Å². The fraction of sp³-hybridized carbons (Fsp3) is 0. The molecule has 0 spiro atoms. The second-order valence-corrected chi connectivity index (χ2v) is 6.72. The van der Waals surface area contributed by atoms with Gasteiger partial charge in [0, 0.05) is 33.4 Å². The average molecular weight is 464 g/mol. The van der Waals surface area contributed by atoms with Crippen molar-refractivity contribution in [2.24, 2.45) is 0 Å². The summed E-state index contributed by atoms with van der Waals surface area (Å²) in [7, 11) is 0. The topological polar surface area (TPSA) is 165 Å². The molecular formula is C17H11Cl2N7O5. The van der Waals surface area contributed by atoms with Gasteiger partial charge < -0.3 is 5.32 Å². The Hall–Kier alpha value is -4.03. The molecule has 0 aliphatic carbocycles. The van der Waals surface area contributed by atoms with Crippen LogP contribution < -0.4 is 16.2 Å². The number of rotatable bonds is 7. The zero-order valence-electron chi connectivity index (χ0n) is 15.2. The van der Waals surface area contributed by atoms with Gasteiger partial charge in [0.1, 0.15) is 6.33 Å². The van der Waals surface area contributed by atoms with Crippen LogP contribution in [0.25, 0.3) is 0 Å². The molecule has 0 atom stereocenters. The van der Waals surface area contributed by atoms with Crippen LogP contribution in [0.15, 0.2) is 48.8 Å². The number of halogens is 2. The van der Waals surface area contributed by atoms with E-state index in [-0.39, 0.29) is 22.9 Å². The smallest absolute Gasteiger partial charge is 0.334 e. The van der Waals surface area contributed by atoms with Crippen LogP contribution in [0.5, 0.6) is 0 Å². The second-order valence-electron chi connectivity index (χ2n) is 5.84. The van der Waals surface area contributed by atoms with Crippen molar-refractivity contribution < 1.29 is 14.6 Å². The minimum atomic E-state index is -0.741. The fourth-order valence-corrected chi connectivity index (χ4v) is 2.95. The molecule has 14 heteroatoms. The lowest BCUT2D eigenvalue weighted by Crippen LogP contribution is -2.30. The number of amides is 1. The molecule has 3 rings (SSSR count). The first-order valence-electron chi connectivity index (χ1n) is 8.28. The second kappa shape index (κ2) is 9.19. The van der Waals surface area contributed by atoms with E-state index in [1.165, 1.54) is 30.3 Å². The standard InChI is InChI=1S/C17H11Cl2N7O5/c18-10-5-11(19)7-12(6-10)22-15-14(26(30)31)16(21-8-20-15)23-24-17(27)9-1-3-13(4-2-9)25(28)29/h1-8H,(H,24,27)(H2,20,21,22,23). The Kier molecular flexibility index (Phi) is 6.43. The lowest BCUT2D eigenvalue weighted by atomic mass is 10.2. The molecule has 1 heterocycles. The number of aromatic nitrogens is 2. The molecular weight excluding hydrogens is 453 g/mol. The van der Waals surface area contributed by atoms with Gasteiger partial charge >= 0.3 is 5.69 Å². The largest absolute Gasteiger partial charge is 0.355 e. The highest BCUT2D eigenvalue weighted by atomic mass is 35.5. The molecule has 0 unspecified atom stereocenters. The normalized spacial score (nSPS) is 10.3. The minimum Gasteiger partial charge on any atom is -0.334 e. The van der Waals surface area contributed by atoms with Crippen molar-refractivity contribution >= 4 is 57.8 Å². The molecule has 12 nitrogen and oxygen atoms in total. The van der Waals surface area contributed by atoms with E-state index in [0.29, 0.717) is 15.7 Å². The van der Waals surface area contributed by atoms with Gasteiger partial charge in [-0.25, -0.2) is 9.97 Å². The SMILES string of the molecule is O=C(NNc1ncnc(Nc2cc(Cl)cc(Cl)c2)c1[N+](=O)[O-])c1ccc([N+](=O)[O-])cc1. The summed E-state index contributed by atoms with van der Waals surface area (Å²) in [4.78, 5) is 40.8. The predicted molar refractivity (Wildman–Crippen MR) is 113 cm³/mol. The molecule has 2 aromatic carbocycles. The first-order valence-corrected chi connectivity index (χ1v) is 9.03. The third kappa shape index (κ3) is 5.32. The van der Waals surface area contributed by atoms with Crippen molar-refractivity contribution in [3.8, 4) is 0 Å². The Bertz CT molecular complexity index is 1150. The summed E-state index contributed by atoms with van der Waals surface area (Å²) in [6, 6.07) is 9.24. The summed E-state index contributed by atoms with van der Waals surface area (Å²) < 4.78 is 0. The summed E-state index contributed by atoms with van der Waals surface area (Å²) in [5.74, 6) is -1.17. The van der Waals surface area contributed by atoms with Gasteiger partial charge in [0.25, 0.3) is 11.6 Å². The average Bonchev–Trinajstić information content (AvgIpc) is 2.71. The van der Waals surface area contributed by atoms with Crippen molar-refractivity contribution in [1.82, 2.24) is 15.4 Å². The van der Waals surface area contributed by atoms with Gasteiger partial charge in [0.05, 0.1) is 9.85 Å². The lowest BCUT2D eigenvalue weighted by molar-refractivity contribution is -0.384. The van der Waals surface area contributed by atoms with Crippen molar-refractivity contribution in [2.45, 2.75) is 0 Å². The maximum Gasteiger partial charge on any atom is 0.355 e. The molecule has 158 valence electrons. The summed E-state index contributed by atoms with van der Waals surface area (Å²) in [5.41, 5.74) is 4.30. The van der Waals surface area contributed by atoms with E-state index in [4.69, 9.17) is 23.2 Å². The van der Waals surface area contributed by atoms with Crippen LogP contribution in [0.4, 0.5) is 28.7 Å².